The Kier molecular flexibility index (Phi) is 4.36. The molecular weight excluding hydrogens is 282 g/mol. The standard InChI is InChI=1S/C15H19N5O2/c1-19-7-6-16-15(19)11-20(8-9-21)10-12-2-3-14(22-12)13-4-5-17-18-13/h2-7,21H,8-11H2,1H3,(H,17,18). The van der Waals surface area contributed by atoms with Crippen LogP contribution in [0.2, 0.25) is 0 Å². The molecule has 0 atom stereocenters. The molecule has 0 radical (unpaired) electrons. The molecule has 3 aromatic rings. The molecule has 7 nitrogen and oxygen atoms in total. The van der Waals surface area contributed by atoms with E-state index in [9.17, 15) is 5.11 Å². The summed E-state index contributed by atoms with van der Waals surface area (Å²) in [5, 5.41) is 16.1. The highest BCUT2D eigenvalue weighted by Crippen LogP contribution is 2.20. The van der Waals surface area contributed by atoms with Crippen molar-refractivity contribution in [2.45, 2.75) is 13.1 Å². The van der Waals surface area contributed by atoms with E-state index in [1.54, 1.807) is 12.4 Å². The number of aliphatic hydroxyl groups excluding tert-OH is 1. The van der Waals surface area contributed by atoms with Crippen LogP contribution >= 0.6 is 0 Å². The van der Waals surface area contributed by atoms with Crippen LogP contribution in [0.25, 0.3) is 11.5 Å². The Labute approximate surface area is 128 Å². The minimum atomic E-state index is 0.0958. The van der Waals surface area contributed by atoms with E-state index in [1.165, 1.54) is 0 Å². The van der Waals surface area contributed by atoms with Crippen LogP contribution in [0.3, 0.4) is 0 Å². The van der Waals surface area contributed by atoms with Crippen LogP contribution in [0.1, 0.15) is 11.6 Å². The fourth-order valence-electron chi connectivity index (χ4n) is 2.33. The minimum Gasteiger partial charge on any atom is -0.458 e. The number of rotatable bonds is 7. The van der Waals surface area contributed by atoms with Crippen LogP contribution in [0.5, 0.6) is 0 Å². The third-order valence-electron chi connectivity index (χ3n) is 3.51. The monoisotopic (exact) mass is 301 g/mol. The van der Waals surface area contributed by atoms with Gasteiger partial charge in [-0.25, -0.2) is 4.98 Å². The number of furan rings is 1. The number of nitrogens with one attached hydrogen (secondary N) is 1. The van der Waals surface area contributed by atoms with E-state index in [0.29, 0.717) is 19.6 Å². The molecule has 7 heteroatoms. The molecule has 0 saturated carbocycles. The Morgan fingerprint density at radius 2 is 2.18 bits per heavy atom. The summed E-state index contributed by atoms with van der Waals surface area (Å²) in [6.07, 6.45) is 5.38. The van der Waals surface area contributed by atoms with Gasteiger partial charge < -0.3 is 14.1 Å². The predicted molar refractivity (Wildman–Crippen MR) is 80.7 cm³/mol. The second-order valence-corrected chi connectivity index (χ2v) is 5.12. The van der Waals surface area contributed by atoms with E-state index in [0.717, 1.165) is 23.0 Å². The van der Waals surface area contributed by atoms with Gasteiger partial charge in [-0.15, -0.1) is 0 Å². The molecular formula is C15H19N5O2. The average molecular weight is 301 g/mol. The number of hydrogen-bond acceptors (Lipinski definition) is 5. The van der Waals surface area contributed by atoms with Crippen molar-refractivity contribution in [2.24, 2.45) is 7.05 Å². The number of aromatic amines is 1. The van der Waals surface area contributed by atoms with Crippen molar-refractivity contribution in [3.63, 3.8) is 0 Å². The van der Waals surface area contributed by atoms with Crippen molar-refractivity contribution in [3.05, 3.63) is 48.4 Å². The van der Waals surface area contributed by atoms with Gasteiger partial charge in [0.05, 0.1) is 19.7 Å². The number of nitrogens with zero attached hydrogens (tertiary/aromatic N) is 4. The maximum absolute atomic E-state index is 9.26. The zero-order valence-electron chi connectivity index (χ0n) is 12.4. The number of H-pyrrole nitrogens is 1. The smallest absolute Gasteiger partial charge is 0.152 e. The number of aliphatic hydroxyl groups is 1. The maximum Gasteiger partial charge on any atom is 0.152 e. The first-order chi connectivity index (χ1) is 10.8. The summed E-state index contributed by atoms with van der Waals surface area (Å²) in [6, 6.07) is 5.72. The summed E-state index contributed by atoms with van der Waals surface area (Å²) in [4.78, 5) is 6.42. The third kappa shape index (κ3) is 3.26. The van der Waals surface area contributed by atoms with E-state index in [-0.39, 0.29) is 6.61 Å². The molecule has 0 aliphatic heterocycles. The van der Waals surface area contributed by atoms with Gasteiger partial charge in [-0.2, -0.15) is 5.10 Å². The molecule has 0 aliphatic carbocycles. The molecule has 0 fully saturated rings. The molecule has 116 valence electrons. The Morgan fingerprint density at radius 1 is 1.27 bits per heavy atom. The SMILES string of the molecule is Cn1ccnc1CN(CCO)Cc1ccc(-c2ccn[nH]2)o1. The molecule has 0 aliphatic rings. The number of aryl methyl sites for hydroxylation is 1. The number of aromatic nitrogens is 4. The molecule has 3 rings (SSSR count). The van der Waals surface area contributed by atoms with Crippen LogP contribution in [-0.4, -0.2) is 42.9 Å². The molecule has 2 N–H and O–H groups in total. The maximum atomic E-state index is 9.26. The van der Waals surface area contributed by atoms with Crippen molar-refractivity contribution in [1.29, 1.82) is 0 Å². The van der Waals surface area contributed by atoms with Crippen molar-refractivity contribution in [1.82, 2.24) is 24.6 Å². The Morgan fingerprint density at radius 3 is 2.86 bits per heavy atom. The van der Waals surface area contributed by atoms with Crippen molar-refractivity contribution >= 4 is 0 Å². The highest BCUT2D eigenvalue weighted by atomic mass is 16.3. The molecule has 22 heavy (non-hydrogen) atoms. The lowest BCUT2D eigenvalue weighted by Crippen LogP contribution is -2.27. The Bertz CT molecular complexity index is 701. The molecule has 3 aromatic heterocycles. The summed E-state index contributed by atoms with van der Waals surface area (Å²) in [5.41, 5.74) is 0.851. The molecule has 0 amide bonds. The first-order valence-corrected chi connectivity index (χ1v) is 7.14. The van der Waals surface area contributed by atoms with Gasteiger partial charge in [-0.1, -0.05) is 0 Å². The fourth-order valence-corrected chi connectivity index (χ4v) is 2.33. The largest absolute Gasteiger partial charge is 0.458 e. The van der Waals surface area contributed by atoms with Crippen molar-refractivity contribution in [2.75, 3.05) is 13.2 Å². The minimum absolute atomic E-state index is 0.0958. The topological polar surface area (TPSA) is 83.1 Å². The van der Waals surface area contributed by atoms with Gasteiger partial charge in [-0.3, -0.25) is 10.00 Å². The van der Waals surface area contributed by atoms with E-state index in [4.69, 9.17) is 4.42 Å². The van der Waals surface area contributed by atoms with Crippen LogP contribution in [0.4, 0.5) is 0 Å². The summed E-state index contributed by atoms with van der Waals surface area (Å²) in [5.74, 6) is 2.55. The van der Waals surface area contributed by atoms with Gasteiger partial charge in [0.15, 0.2) is 5.76 Å². The lowest BCUT2D eigenvalue weighted by atomic mass is 10.3. The summed E-state index contributed by atoms with van der Waals surface area (Å²) in [7, 11) is 1.96. The molecule has 0 saturated heterocycles. The molecule has 0 spiro atoms. The van der Waals surface area contributed by atoms with Gasteiger partial charge in [0.2, 0.25) is 0 Å². The van der Waals surface area contributed by atoms with Gasteiger partial charge in [0.25, 0.3) is 0 Å². The Hall–Kier alpha value is -2.38. The van der Waals surface area contributed by atoms with E-state index in [2.05, 4.69) is 20.1 Å². The normalized spacial score (nSPS) is 11.4. The van der Waals surface area contributed by atoms with Crippen LogP contribution in [0.15, 0.2) is 41.2 Å². The average Bonchev–Trinajstić information content (AvgIpc) is 3.22. The van der Waals surface area contributed by atoms with E-state index < -0.39 is 0 Å². The van der Waals surface area contributed by atoms with Crippen molar-refractivity contribution < 1.29 is 9.52 Å². The third-order valence-corrected chi connectivity index (χ3v) is 3.51. The zero-order valence-corrected chi connectivity index (χ0v) is 12.4. The van der Waals surface area contributed by atoms with Gasteiger partial charge in [-0.05, 0) is 18.2 Å². The molecule has 3 heterocycles. The highest BCUT2D eigenvalue weighted by molar-refractivity contribution is 5.51. The van der Waals surface area contributed by atoms with Crippen molar-refractivity contribution in [3.8, 4) is 11.5 Å². The lowest BCUT2D eigenvalue weighted by Gasteiger charge is -2.19. The van der Waals surface area contributed by atoms with Crippen LogP contribution < -0.4 is 0 Å². The van der Waals surface area contributed by atoms with Gasteiger partial charge in [0.1, 0.15) is 17.3 Å². The molecule has 0 unspecified atom stereocenters. The van der Waals surface area contributed by atoms with Crippen LogP contribution in [-0.2, 0) is 20.1 Å². The van der Waals surface area contributed by atoms with E-state index in [1.807, 2.05) is 36.0 Å². The van der Waals surface area contributed by atoms with E-state index >= 15 is 0 Å². The number of hydrogen-bond donors (Lipinski definition) is 2. The second kappa shape index (κ2) is 6.59. The second-order valence-electron chi connectivity index (χ2n) is 5.12. The summed E-state index contributed by atoms with van der Waals surface area (Å²) in [6.45, 7) is 1.93. The molecule has 0 bridgehead atoms. The van der Waals surface area contributed by atoms with Gasteiger partial charge in [0, 0.05) is 32.2 Å². The summed E-state index contributed by atoms with van der Waals surface area (Å²) < 4.78 is 7.81. The first-order valence-electron chi connectivity index (χ1n) is 7.14. The van der Waals surface area contributed by atoms with Crippen LogP contribution in [0, 0.1) is 0 Å². The van der Waals surface area contributed by atoms with Gasteiger partial charge >= 0.3 is 0 Å². The summed E-state index contributed by atoms with van der Waals surface area (Å²) >= 11 is 0. The Balaban J connectivity index is 1.69. The first kappa shape index (κ1) is 14.6. The molecule has 0 aromatic carbocycles. The quantitative estimate of drug-likeness (QED) is 0.689. The fraction of sp³-hybridized carbons (Fsp3) is 0.333. The highest BCUT2D eigenvalue weighted by Gasteiger charge is 2.13. The predicted octanol–water partition coefficient (Wildman–Crippen LogP) is 1.40. The lowest BCUT2D eigenvalue weighted by molar-refractivity contribution is 0.171. The number of imidazole rings is 1. The zero-order chi connectivity index (χ0) is 15.4.